The molecule has 0 aliphatic carbocycles. The summed E-state index contributed by atoms with van der Waals surface area (Å²) in [7, 11) is 0. The summed E-state index contributed by atoms with van der Waals surface area (Å²) in [5.74, 6) is 0.902. The van der Waals surface area contributed by atoms with E-state index in [1.54, 1.807) is 0 Å². The molecule has 0 aromatic heterocycles. The van der Waals surface area contributed by atoms with Gasteiger partial charge in [-0.2, -0.15) is 0 Å². The van der Waals surface area contributed by atoms with Crippen molar-refractivity contribution in [2.45, 2.75) is 46.1 Å². The van der Waals surface area contributed by atoms with Gasteiger partial charge in [0, 0.05) is 19.1 Å². The number of carbonyl (C=O) groups is 1. The Morgan fingerprint density at radius 1 is 1.33 bits per heavy atom. The van der Waals surface area contributed by atoms with Crippen LogP contribution in [-0.4, -0.2) is 36.5 Å². The van der Waals surface area contributed by atoms with Crippen molar-refractivity contribution in [1.29, 1.82) is 0 Å². The van der Waals surface area contributed by atoms with Gasteiger partial charge in [-0.25, -0.2) is 0 Å². The Kier molecular flexibility index (Phi) is 5.09. The lowest BCUT2D eigenvalue weighted by Crippen LogP contribution is -2.41. The molecular weight excluding hydrogens is 188 g/mol. The van der Waals surface area contributed by atoms with Gasteiger partial charge in [0.1, 0.15) is 0 Å². The summed E-state index contributed by atoms with van der Waals surface area (Å²) in [6.45, 7) is 8.98. The minimum atomic E-state index is 0.266. The molecule has 88 valence electrons. The minimum Gasteiger partial charge on any atom is -0.342 e. The van der Waals surface area contributed by atoms with Crippen LogP contribution in [0.15, 0.2) is 0 Å². The first kappa shape index (κ1) is 12.5. The zero-order valence-corrected chi connectivity index (χ0v) is 10.3. The molecular formula is C12H24N2O. The van der Waals surface area contributed by atoms with Crippen molar-refractivity contribution in [2.75, 3.05) is 19.6 Å². The van der Waals surface area contributed by atoms with E-state index < -0.39 is 0 Å². The Balaban J connectivity index is 2.21. The van der Waals surface area contributed by atoms with Gasteiger partial charge in [0.25, 0.3) is 0 Å². The summed E-state index contributed by atoms with van der Waals surface area (Å²) in [4.78, 5) is 13.7. The SMILES string of the molecule is CCC(C)C(C)NCC(=O)N1CCCC1. The van der Waals surface area contributed by atoms with Crippen molar-refractivity contribution in [3.8, 4) is 0 Å². The molecule has 2 unspecified atom stereocenters. The molecule has 0 radical (unpaired) electrons. The summed E-state index contributed by atoms with van der Waals surface area (Å²) < 4.78 is 0. The fraction of sp³-hybridized carbons (Fsp3) is 0.917. The van der Waals surface area contributed by atoms with Gasteiger partial charge in [-0.3, -0.25) is 4.79 Å². The minimum absolute atomic E-state index is 0.266. The van der Waals surface area contributed by atoms with E-state index in [0.717, 1.165) is 19.5 Å². The number of amides is 1. The molecule has 1 aliphatic rings. The summed E-state index contributed by atoms with van der Waals surface area (Å²) in [5, 5.41) is 3.32. The van der Waals surface area contributed by atoms with E-state index in [-0.39, 0.29) is 5.91 Å². The van der Waals surface area contributed by atoms with E-state index in [9.17, 15) is 4.79 Å². The highest BCUT2D eigenvalue weighted by molar-refractivity contribution is 5.78. The van der Waals surface area contributed by atoms with Crippen molar-refractivity contribution in [2.24, 2.45) is 5.92 Å². The third kappa shape index (κ3) is 3.82. The number of hydrogen-bond donors (Lipinski definition) is 1. The Labute approximate surface area is 93.2 Å². The number of rotatable bonds is 5. The fourth-order valence-corrected chi connectivity index (χ4v) is 1.88. The van der Waals surface area contributed by atoms with E-state index in [2.05, 4.69) is 26.1 Å². The molecule has 0 saturated carbocycles. The molecule has 0 aromatic carbocycles. The maximum atomic E-state index is 11.7. The second-order valence-electron chi connectivity index (χ2n) is 4.64. The lowest BCUT2D eigenvalue weighted by atomic mass is 10.0. The van der Waals surface area contributed by atoms with Crippen molar-refractivity contribution >= 4 is 5.91 Å². The van der Waals surface area contributed by atoms with Crippen LogP contribution in [0.4, 0.5) is 0 Å². The molecule has 2 atom stereocenters. The van der Waals surface area contributed by atoms with E-state index in [0.29, 0.717) is 18.5 Å². The lowest BCUT2D eigenvalue weighted by Gasteiger charge is -2.22. The molecule has 3 nitrogen and oxygen atoms in total. The Morgan fingerprint density at radius 2 is 1.93 bits per heavy atom. The standard InChI is InChI=1S/C12H24N2O/c1-4-10(2)11(3)13-9-12(15)14-7-5-6-8-14/h10-11,13H,4-9H2,1-3H3. The predicted octanol–water partition coefficient (Wildman–Crippen LogP) is 1.63. The smallest absolute Gasteiger partial charge is 0.236 e. The lowest BCUT2D eigenvalue weighted by molar-refractivity contribution is -0.129. The van der Waals surface area contributed by atoms with Gasteiger partial charge in [0.2, 0.25) is 5.91 Å². The van der Waals surface area contributed by atoms with E-state index >= 15 is 0 Å². The predicted molar refractivity (Wildman–Crippen MR) is 62.7 cm³/mol. The van der Waals surface area contributed by atoms with Gasteiger partial charge in [-0.05, 0) is 25.7 Å². The van der Waals surface area contributed by atoms with E-state index in [1.807, 2.05) is 4.90 Å². The van der Waals surface area contributed by atoms with Crippen molar-refractivity contribution < 1.29 is 4.79 Å². The van der Waals surface area contributed by atoms with Gasteiger partial charge in [0.05, 0.1) is 6.54 Å². The first-order chi connectivity index (χ1) is 7.15. The highest BCUT2D eigenvalue weighted by Crippen LogP contribution is 2.08. The first-order valence-electron chi connectivity index (χ1n) is 6.16. The van der Waals surface area contributed by atoms with Crippen molar-refractivity contribution in [3.05, 3.63) is 0 Å². The maximum Gasteiger partial charge on any atom is 0.236 e. The summed E-state index contributed by atoms with van der Waals surface area (Å²) in [6, 6.07) is 0.432. The average molecular weight is 212 g/mol. The number of likely N-dealkylation sites (tertiary alicyclic amines) is 1. The Hall–Kier alpha value is -0.570. The van der Waals surface area contributed by atoms with Crippen LogP contribution in [0.5, 0.6) is 0 Å². The topological polar surface area (TPSA) is 32.3 Å². The molecule has 1 rings (SSSR count). The highest BCUT2D eigenvalue weighted by Gasteiger charge is 2.18. The van der Waals surface area contributed by atoms with Gasteiger partial charge in [-0.1, -0.05) is 20.3 Å². The molecule has 15 heavy (non-hydrogen) atoms. The summed E-state index contributed by atoms with van der Waals surface area (Å²) >= 11 is 0. The summed E-state index contributed by atoms with van der Waals surface area (Å²) in [6.07, 6.45) is 3.51. The summed E-state index contributed by atoms with van der Waals surface area (Å²) in [5.41, 5.74) is 0. The van der Waals surface area contributed by atoms with Gasteiger partial charge < -0.3 is 10.2 Å². The third-order valence-corrected chi connectivity index (χ3v) is 3.53. The Morgan fingerprint density at radius 3 is 2.47 bits per heavy atom. The van der Waals surface area contributed by atoms with Crippen LogP contribution >= 0.6 is 0 Å². The van der Waals surface area contributed by atoms with Crippen LogP contribution in [0.25, 0.3) is 0 Å². The number of nitrogens with one attached hydrogen (secondary N) is 1. The van der Waals surface area contributed by atoms with Crippen LogP contribution in [0.3, 0.4) is 0 Å². The number of nitrogens with zero attached hydrogens (tertiary/aromatic N) is 1. The quantitative estimate of drug-likeness (QED) is 0.751. The van der Waals surface area contributed by atoms with Gasteiger partial charge in [0.15, 0.2) is 0 Å². The van der Waals surface area contributed by atoms with Crippen molar-refractivity contribution in [3.63, 3.8) is 0 Å². The molecule has 1 saturated heterocycles. The first-order valence-corrected chi connectivity index (χ1v) is 6.16. The van der Waals surface area contributed by atoms with Crippen LogP contribution in [0, 0.1) is 5.92 Å². The largest absolute Gasteiger partial charge is 0.342 e. The van der Waals surface area contributed by atoms with Crippen LogP contribution in [-0.2, 0) is 4.79 Å². The fourth-order valence-electron chi connectivity index (χ4n) is 1.88. The van der Waals surface area contributed by atoms with Gasteiger partial charge >= 0.3 is 0 Å². The maximum absolute atomic E-state index is 11.7. The molecule has 1 fully saturated rings. The van der Waals surface area contributed by atoms with Crippen LogP contribution in [0.2, 0.25) is 0 Å². The molecule has 0 spiro atoms. The average Bonchev–Trinajstić information content (AvgIpc) is 2.77. The van der Waals surface area contributed by atoms with Gasteiger partial charge in [-0.15, -0.1) is 0 Å². The van der Waals surface area contributed by atoms with Crippen LogP contribution < -0.4 is 5.32 Å². The molecule has 0 aromatic rings. The zero-order chi connectivity index (χ0) is 11.3. The molecule has 1 N–H and O–H groups in total. The monoisotopic (exact) mass is 212 g/mol. The zero-order valence-electron chi connectivity index (χ0n) is 10.3. The second kappa shape index (κ2) is 6.11. The Bertz CT molecular complexity index is 200. The third-order valence-electron chi connectivity index (χ3n) is 3.53. The van der Waals surface area contributed by atoms with Crippen LogP contribution in [0.1, 0.15) is 40.0 Å². The second-order valence-corrected chi connectivity index (χ2v) is 4.64. The van der Waals surface area contributed by atoms with Crippen molar-refractivity contribution in [1.82, 2.24) is 10.2 Å². The number of carbonyl (C=O) groups excluding carboxylic acids is 1. The molecule has 0 bridgehead atoms. The normalized spacial score (nSPS) is 20.3. The van der Waals surface area contributed by atoms with E-state index in [4.69, 9.17) is 0 Å². The molecule has 1 amide bonds. The highest BCUT2D eigenvalue weighted by atomic mass is 16.2. The molecule has 3 heteroatoms. The number of hydrogen-bond acceptors (Lipinski definition) is 2. The molecule has 1 aliphatic heterocycles. The van der Waals surface area contributed by atoms with E-state index in [1.165, 1.54) is 12.8 Å². The molecule has 1 heterocycles.